The number of nitriles is 1. The van der Waals surface area contributed by atoms with E-state index in [9.17, 15) is 9.90 Å². The molecule has 0 fully saturated rings. The number of hydrazone groups is 1. The molecule has 0 saturated heterocycles. The van der Waals surface area contributed by atoms with Gasteiger partial charge in [0.15, 0.2) is 17.4 Å². The van der Waals surface area contributed by atoms with Crippen LogP contribution in [0.25, 0.3) is 0 Å². The second-order valence-electron chi connectivity index (χ2n) is 3.86. The van der Waals surface area contributed by atoms with Crippen LogP contribution in [0.3, 0.4) is 0 Å². The maximum Gasteiger partial charge on any atom is 0.201 e. The molecule has 7 nitrogen and oxygen atoms in total. The summed E-state index contributed by atoms with van der Waals surface area (Å²) < 4.78 is 0. The predicted molar refractivity (Wildman–Crippen MR) is 71.4 cm³/mol. The minimum absolute atomic E-state index is 0.152. The lowest BCUT2D eigenvalue weighted by molar-refractivity contribution is 0.101. The number of carbonyl (C=O) groups excluding carboxylic acids is 1. The third-order valence-electron chi connectivity index (χ3n) is 2.28. The lowest BCUT2D eigenvalue weighted by atomic mass is 10.1. The number of rotatable bonds is 4. The molecule has 19 heavy (non-hydrogen) atoms. The standard InChI is InChI=1S/C12H13N5O2/c1-6-3-8(7(2)18)11(19)9(4-6)16-17-10(5-13)12(14)15/h3-4,16,19H,1-2H3,(H3,14,15)/b17-10+. The maximum absolute atomic E-state index is 11.3. The highest BCUT2D eigenvalue weighted by molar-refractivity contribution is 6.45. The highest BCUT2D eigenvalue weighted by Crippen LogP contribution is 2.29. The molecule has 98 valence electrons. The number of phenols is 1. The Morgan fingerprint density at radius 1 is 1.58 bits per heavy atom. The number of ketones is 1. The molecule has 0 spiro atoms. The van der Waals surface area contributed by atoms with Crippen LogP contribution in [-0.2, 0) is 0 Å². The molecule has 1 aromatic carbocycles. The average molecular weight is 259 g/mol. The number of hydrogen-bond acceptors (Lipinski definition) is 6. The molecule has 1 aromatic rings. The van der Waals surface area contributed by atoms with Crippen molar-refractivity contribution in [1.82, 2.24) is 0 Å². The molecule has 0 heterocycles. The predicted octanol–water partition coefficient (Wildman–Crippen LogP) is 1.13. The summed E-state index contributed by atoms with van der Waals surface area (Å²) in [6.07, 6.45) is 0. The summed E-state index contributed by atoms with van der Waals surface area (Å²) in [5.74, 6) is -1.04. The van der Waals surface area contributed by atoms with Crippen molar-refractivity contribution < 1.29 is 9.90 Å². The summed E-state index contributed by atoms with van der Waals surface area (Å²) in [7, 11) is 0. The lowest BCUT2D eigenvalue weighted by Crippen LogP contribution is -2.21. The van der Waals surface area contributed by atoms with Crippen LogP contribution in [0.4, 0.5) is 5.69 Å². The first-order valence-electron chi connectivity index (χ1n) is 5.29. The molecular formula is C12H13N5O2. The summed E-state index contributed by atoms with van der Waals surface area (Å²) in [5, 5.41) is 29.3. The van der Waals surface area contributed by atoms with E-state index in [1.54, 1.807) is 25.1 Å². The summed E-state index contributed by atoms with van der Waals surface area (Å²) in [5.41, 5.74) is 8.30. The van der Waals surface area contributed by atoms with Crippen molar-refractivity contribution in [3.63, 3.8) is 0 Å². The quantitative estimate of drug-likeness (QED) is 0.211. The van der Waals surface area contributed by atoms with E-state index in [0.717, 1.165) is 5.56 Å². The van der Waals surface area contributed by atoms with E-state index in [4.69, 9.17) is 16.4 Å². The highest BCUT2D eigenvalue weighted by atomic mass is 16.3. The van der Waals surface area contributed by atoms with Crippen molar-refractivity contribution in [2.45, 2.75) is 13.8 Å². The number of aryl methyl sites for hydroxylation is 1. The van der Waals surface area contributed by atoms with Crippen LogP contribution in [0.5, 0.6) is 5.75 Å². The van der Waals surface area contributed by atoms with Crippen LogP contribution >= 0.6 is 0 Å². The average Bonchev–Trinajstić information content (AvgIpc) is 2.32. The number of phenolic OH excluding ortho intramolecular Hbond substituents is 1. The molecule has 0 saturated carbocycles. The van der Waals surface area contributed by atoms with Crippen molar-refractivity contribution in [2.24, 2.45) is 10.8 Å². The molecule has 5 N–H and O–H groups in total. The molecule has 0 aliphatic carbocycles. The van der Waals surface area contributed by atoms with E-state index in [-0.39, 0.29) is 28.5 Å². The maximum atomic E-state index is 11.3. The van der Waals surface area contributed by atoms with Crippen LogP contribution < -0.4 is 11.2 Å². The Hall–Kier alpha value is -2.88. The van der Waals surface area contributed by atoms with Crippen LogP contribution in [0.1, 0.15) is 22.8 Å². The zero-order valence-corrected chi connectivity index (χ0v) is 10.5. The Labute approximate surface area is 109 Å². The Bertz CT molecular complexity index is 613. The molecule has 0 radical (unpaired) electrons. The lowest BCUT2D eigenvalue weighted by Gasteiger charge is -2.09. The topological polar surface area (TPSA) is 135 Å². The van der Waals surface area contributed by atoms with Crippen LogP contribution in [0, 0.1) is 23.7 Å². The van der Waals surface area contributed by atoms with E-state index < -0.39 is 5.84 Å². The van der Waals surface area contributed by atoms with Crippen LogP contribution in [-0.4, -0.2) is 22.4 Å². The summed E-state index contributed by atoms with van der Waals surface area (Å²) >= 11 is 0. The minimum atomic E-state index is -0.492. The van der Waals surface area contributed by atoms with Crippen molar-refractivity contribution in [1.29, 1.82) is 10.7 Å². The monoisotopic (exact) mass is 259 g/mol. The van der Waals surface area contributed by atoms with Crippen LogP contribution in [0.2, 0.25) is 0 Å². The first kappa shape index (κ1) is 14.2. The smallest absolute Gasteiger partial charge is 0.201 e. The summed E-state index contributed by atoms with van der Waals surface area (Å²) in [6.45, 7) is 3.08. The highest BCUT2D eigenvalue weighted by Gasteiger charge is 2.12. The zero-order chi connectivity index (χ0) is 14.6. The fourth-order valence-electron chi connectivity index (χ4n) is 1.39. The fraction of sp³-hybridized carbons (Fsp3) is 0.167. The van der Waals surface area contributed by atoms with E-state index in [2.05, 4.69) is 10.5 Å². The number of benzene rings is 1. The van der Waals surface area contributed by atoms with Gasteiger partial charge in [0.2, 0.25) is 5.71 Å². The molecule has 0 bridgehead atoms. The number of hydrogen-bond donors (Lipinski definition) is 4. The number of carbonyl (C=O) groups is 1. The van der Waals surface area contributed by atoms with Gasteiger partial charge in [-0.1, -0.05) is 0 Å². The number of Topliss-reactive ketones (excluding diaryl/α,β-unsaturated/α-hetero) is 1. The number of amidine groups is 1. The Morgan fingerprint density at radius 2 is 2.21 bits per heavy atom. The number of nitrogens with one attached hydrogen (secondary N) is 2. The van der Waals surface area contributed by atoms with Crippen molar-refractivity contribution >= 4 is 23.0 Å². The van der Waals surface area contributed by atoms with Gasteiger partial charge < -0.3 is 10.8 Å². The van der Waals surface area contributed by atoms with Gasteiger partial charge in [-0.05, 0) is 31.5 Å². The normalized spacial score (nSPS) is 10.7. The van der Waals surface area contributed by atoms with Gasteiger partial charge in [-0.3, -0.25) is 15.6 Å². The molecule has 0 aromatic heterocycles. The zero-order valence-electron chi connectivity index (χ0n) is 10.5. The molecule has 0 aliphatic rings. The van der Waals surface area contributed by atoms with Crippen molar-refractivity contribution in [3.8, 4) is 11.8 Å². The van der Waals surface area contributed by atoms with Gasteiger partial charge >= 0.3 is 0 Å². The van der Waals surface area contributed by atoms with Crippen molar-refractivity contribution in [3.05, 3.63) is 23.3 Å². The van der Waals surface area contributed by atoms with Gasteiger partial charge in [-0.2, -0.15) is 10.4 Å². The van der Waals surface area contributed by atoms with Gasteiger partial charge in [0, 0.05) is 0 Å². The van der Waals surface area contributed by atoms with Gasteiger partial charge in [0.25, 0.3) is 0 Å². The second-order valence-corrected chi connectivity index (χ2v) is 3.86. The Kier molecular flexibility index (Phi) is 4.21. The van der Waals surface area contributed by atoms with E-state index >= 15 is 0 Å². The first-order valence-corrected chi connectivity index (χ1v) is 5.29. The number of nitrogens with two attached hydrogens (primary N) is 1. The van der Waals surface area contributed by atoms with Gasteiger partial charge in [-0.15, -0.1) is 0 Å². The van der Waals surface area contributed by atoms with Gasteiger partial charge in [0.05, 0.1) is 11.3 Å². The molecule has 1 rings (SSSR count). The minimum Gasteiger partial charge on any atom is -0.505 e. The molecule has 0 unspecified atom stereocenters. The van der Waals surface area contributed by atoms with E-state index in [0.29, 0.717) is 0 Å². The number of anilines is 1. The fourth-order valence-corrected chi connectivity index (χ4v) is 1.39. The molecule has 7 heteroatoms. The van der Waals surface area contributed by atoms with Crippen molar-refractivity contribution in [2.75, 3.05) is 5.43 Å². The summed E-state index contributed by atoms with van der Waals surface area (Å²) in [6, 6.07) is 4.73. The van der Waals surface area contributed by atoms with Gasteiger partial charge in [-0.25, -0.2) is 0 Å². The van der Waals surface area contributed by atoms with Gasteiger partial charge in [0.1, 0.15) is 6.07 Å². The molecule has 0 atom stereocenters. The third-order valence-corrected chi connectivity index (χ3v) is 2.28. The number of nitrogens with zero attached hydrogens (tertiary/aromatic N) is 2. The largest absolute Gasteiger partial charge is 0.505 e. The SMILES string of the molecule is CC(=O)c1cc(C)cc(N/N=C(\C#N)C(=N)N)c1O. The van der Waals surface area contributed by atoms with E-state index in [1.165, 1.54) is 6.92 Å². The molecule has 0 aliphatic heterocycles. The number of aromatic hydroxyl groups is 1. The first-order chi connectivity index (χ1) is 8.86. The van der Waals surface area contributed by atoms with Crippen LogP contribution in [0.15, 0.2) is 17.2 Å². The van der Waals surface area contributed by atoms with E-state index in [1.807, 2.05) is 0 Å². The Morgan fingerprint density at radius 3 is 2.68 bits per heavy atom. The second kappa shape index (κ2) is 5.64. The molecular weight excluding hydrogens is 246 g/mol. The molecule has 0 amide bonds. The summed E-state index contributed by atoms with van der Waals surface area (Å²) in [4.78, 5) is 11.3. The third kappa shape index (κ3) is 3.29. The Balaban J connectivity index is 3.20.